The Morgan fingerprint density at radius 3 is 2.75 bits per heavy atom. The monoisotopic (exact) mass is 238 g/mol. The van der Waals surface area contributed by atoms with Crippen molar-refractivity contribution >= 4 is 17.7 Å². The number of alkyl carbamates (subject to hydrolysis) is 1. The standard InChI is InChI=1S/C12H13ClNO2/c1-8(10-4-2-3-5-11(10)13)16-12(15)14-9-6-7-9/h2-5,9H,6-7H2,1H3,(H,14,15). The van der Waals surface area contributed by atoms with Crippen molar-refractivity contribution in [2.24, 2.45) is 0 Å². The van der Waals surface area contributed by atoms with Gasteiger partial charge < -0.3 is 10.1 Å². The summed E-state index contributed by atoms with van der Waals surface area (Å²) in [6.45, 7) is 1.73. The van der Waals surface area contributed by atoms with Gasteiger partial charge in [-0.1, -0.05) is 29.8 Å². The molecule has 1 aliphatic rings. The zero-order valence-electron chi connectivity index (χ0n) is 9.00. The third-order valence-electron chi connectivity index (χ3n) is 2.40. The molecule has 4 heteroatoms. The van der Waals surface area contributed by atoms with Gasteiger partial charge in [0.1, 0.15) is 0 Å². The molecule has 0 bridgehead atoms. The third-order valence-corrected chi connectivity index (χ3v) is 2.73. The number of amides is 1. The van der Waals surface area contributed by atoms with Crippen molar-refractivity contribution in [3.8, 4) is 0 Å². The van der Waals surface area contributed by atoms with Crippen LogP contribution in [0.15, 0.2) is 24.3 Å². The van der Waals surface area contributed by atoms with E-state index in [2.05, 4.69) is 5.32 Å². The van der Waals surface area contributed by atoms with Crippen LogP contribution in [-0.2, 0) is 4.74 Å². The third kappa shape index (κ3) is 2.89. The van der Waals surface area contributed by atoms with Crippen LogP contribution in [0.1, 0.15) is 25.3 Å². The van der Waals surface area contributed by atoms with Gasteiger partial charge >= 0.3 is 6.09 Å². The quantitative estimate of drug-likeness (QED) is 0.879. The predicted octanol–water partition coefficient (Wildman–Crippen LogP) is 3.13. The molecule has 1 aromatic rings. The van der Waals surface area contributed by atoms with Crippen LogP contribution in [-0.4, -0.2) is 12.1 Å². The Balaban J connectivity index is 1.93. The van der Waals surface area contributed by atoms with Gasteiger partial charge in [0, 0.05) is 16.6 Å². The number of benzene rings is 1. The van der Waals surface area contributed by atoms with Crippen molar-refractivity contribution in [1.82, 2.24) is 5.32 Å². The molecule has 1 fully saturated rings. The lowest BCUT2D eigenvalue weighted by molar-refractivity contribution is 0.159. The van der Waals surface area contributed by atoms with E-state index in [1.54, 1.807) is 13.0 Å². The molecule has 3 nitrogen and oxygen atoms in total. The minimum atomic E-state index is -0.403. The van der Waals surface area contributed by atoms with Gasteiger partial charge in [0.05, 0.1) is 0 Å². The van der Waals surface area contributed by atoms with E-state index in [-0.39, 0.29) is 0 Å². The van der Waals surface area contributed by atoms with E-state index in [9.17, 15) is 4.79 Å². The van der Waals surface area contributed by atoms with Crippen molar-refractivity contribution in [2.75, 3.05) is 0 Å². The lowest BCUT2D eigenvalue weighted by Crippen LogP contribution is -2.27. The maximum Gasteiger partial charge on any atom is 0.408 e. The van der Waals surface area contributed by atoms with Gasteiger partial charge in [0.2, 0.25) is 0 Å². The highest BCUT2D eigenvalue weighted by Crippen LogP contribution is 2.25. The molecule has 1 aliphatic carbocycles. The van der Waals surface area contributed by atoms with Crippen molar-refractivity contribution in [2.45, 2.75) is 25.8 Å². The maximum absolute atomic E-state index is 11.4. The number of ether oxygens (including phenoxy) is 1. The molecule has 0 aromatic heterocycles. The zero-order valence-corrected chi connectivity index (χ0v) is 9.75. The van der Waals surface area contributed by atoms with E-state index < -0.39 is 6.09 Å². The van der Waals surface area contributed by atoms with Crippen LogP contribution in [0.3, 0.4) is 0 Å². The van der Waals surface area contributed by atoms with Crippen LogP contribution >= 0.6 is 11.6 Å². The lowest BCUT2D eigenvalue weighted by atomic mass is 10.1. The van der Waals surface area contributed by atoms with E-state index in [0.717, 1.165) is 18.4 Å². The minimum Gasteiger partial charge on any atom is -0.434 e. The summed E-state index contributed by atoms with van der Waals surface area (Å²) >= 11 is 5.99. The molecule has 1 aromatic carbocycles. The summed E-state index contributed by atoms with van der Waals surface area (Å²) in [5, 5.41) is 3.33. The molecule has 1 amide bonds. The Morgan fingerprint density at radius 1 is 1.44 bits per heavy atom. The molecule has 0 saturated heterocycles. The molecule has 1 radical (unpaired) electrons. The molecule has 0 aliphatic heterocycles. The highest BCUT2D eigenvalue weighted by molar-refractivity contribution is 6.31. The summed E-state index contributed by atoms with van der Waals surface area (Å²) in [4.78, 5) is 11.4. The van der Waals surface area contributed by atoms with Gasteiger partial charge in [0.25, 0.3) is 0 Å². The van der Waals surface area contributed by atoms with E-state index in [4.69, 9.17) is 16.3 Å². The molecule has 2 rings (SSSR count). The van der Waals surface area contributed by atoms with Crippen molar-refractivity contribution in [1.29, 1.82) is 0 Å². The Labute approximate surface area is 99.7 Å². The lowest BCUT2D eigenvalue weighted by Gasteiger charge is -2.13. The Morgan fingerprint density at radius 2 is 2.12 bits per heavy atom. The van der Waals surface area contributed by atoms with Gasteiger partial charge in [-0.05, 0) is 25.8 Å². The predicted molar refractivity (Wildman–Crippen MR) is 62.1 cm³/mol. The summed E-state index contributed by atoms with van der Waals surface area (Å²) in [6.07, 6.45) is 2.20. The molecular weight excluding hydrogens is 226 g/mol. The second-order valence-corrected chi connectivity index (χ2v) is 4.25. The number of halogens is 1. The van der Waals surface area contributed by atoms with Crippen LogP contribution in [0.4, 0.5) is 4.79 Å². The summed E-state index contributed by atoms with van der Waals surface area (Å²) in [5.74, 6) is 0. The van der Waals surface area contributed by atoms with Gasteiger partial charge in [-0.25, -0.2) is 4.79 Å². The van der Waals surface area contributed by atoms with Gasteiger partial charge in [0.15, 0.2) is 6.10 Å². The smallest absolute Gasteiger partial charge is 0.408 e. The summed E-state index contributed by atoms with van der Waals surface area (Å²) < 4.78 is 5.15. The first-order valence-corrected chi connectivity index (χ1v) is 5.61. The topological polar surface area (TPSA) is 38.3 Å². The largest absolute Gasteiger partial charge is 0.434 e. The number of carbonyl (C=O) groups is 1. The Kier molecular flexibility index (Phi) is 3.34. The molecule has 1 N–H and O–H groups in total. The first-order chi connectivity index (χ1) is 7.66. The summed E-state index contributed by atoms with van der Waals surface area (Å²) in [6, 6.07) is 7.58. The van der Waals surface area contributed by atoms with E-state index in [1.165, 1.54) is 0 Å². The van der Waals surface area contributed by atoms with Crippen molar-refractivity contribution < 1.29 is 9.53 Å². The fraction of sp³-hybridized carbons (Fsp3) is 0.333. The highest BCUT2D eigenvalue weighted by atomic mass is 35.5. The van der Waals surface area contributed by atoms with Crippen LogP contribution in [0.25, 0.3) is 0 Å². The fourth-order valence-corrected chi connectivity index (χ4v) is 1.63. The number of nitrogens with one attached hydrogen (secondary N) is 1. The minimum absolute atomic E-state index is 0.298. The zero-order chi connectivity index (χ0) is 11.5. The normalized spacial score (nSPS) is 14.9. The first kappa shape index (κ1) is 11.3. The van der Waals surface area contributed by atoms with Gasteiger partial charge in [-0.15, -0.1) is 0 Å². The van der Waals surface area contributed by atoms with Crippen LogP contribution < -0.4 is 5.32 Å². The molecule has 16 heavy (non-hydrogen) atoms. The average Bonchev–Trinajstić information content (AvgIpc) is 3.01. The molecule has 0 spiro atoms. The van der Waals surface area contributed by atoms with Crippen molar-refractivity contribution in [3.05, 3.63) is 41.0 Å². The first-order valence-electron chi connectivity index (χ1n) is 5.23. The van der Waals surface area contributed by atoms with Gasteiger partial charge in [-0.2, -0.15) is 0 Å². The molecule has 0 unspecified atom stereocenters. The SMILES string of the molecule is C[C](OC(=O)NC1CC1)c1ccccc1Cl. The van der Waals surface area contributed by atoms with Gasteiger partial charge in [-0.3, -0.25) is 0 Å². The molecular formula is C12H13ClNO2. The molecule has 0 atom stereocenters. The number of carbonyl (C=O) groups excluding carboxylic acids is 1. The highest BCUT2D eigenvalue weighted by Gasteiger charge is 2.25. The second-order valence-electron chi connectivity index (χ2n) is 3.84. The molecule has 0 heterocycles. The fourth-order valence-electron chi connectivity index (χ4n) is 1.36. The maximum atomic E-state index is 11.4. The number of rotatable bonds is 3. The summed E-state index contributed by atoms with van der Waals surface area (Å²) in [5.41, 5.74) is 0.745. The van der Waals surface area contributed by atoms with E-state index in [0.29, 0.717) is 17.2 Å². The van der Waals surface area contributed by atoms with E-state index >= 15 is 0 Å². The Hall–Kier alpha value is -1.22. The van der Waals surface area contributed by atoms with Crippen LogP contribution in [0.2, 0.25) is 5.02 Å². The van der Waals surface area contributed by atoms with Crippen molar-refractivity contribution in [3.63, 3.8) is 0 Å². The summed E-state index contributed by atoms with van der Waals surface area (Å²) in [7, 11) is 0. The Bertz CT molecular complexity index is 390. The number of hydrogen-bond donors (Lipinski definition) is 1. The molecule has 85 valence electrons. The number of hydrogen-bond acceptors (Lipinski definition) is 2. The van der Waals surface area contributed by atoms with Crippen LogP contribution in [0, 0.1) is 6.10 Å². The van der Waals surface area contributed by atoms with Crippen LogP contribution in [0.5, 0.6) is 0 Å². The van der Waals surface area contributed by atoms with E-state index in [1.807, 2.05) is 18.2 Å². The second kappa shape index (κ2) is 4.74. The molecule has 1 saturated carbocycles. The average molecular weight is 239 g/mol.